The SMILES string of the molecule is CCCN(CCC)C(=O)COC(=O)CCN=N. The van der Waals surface area contributed by atoms with Gasteiger partial charge in [-0.15, -0.1) is 0 Å². The zero-order valence-electron chi connectivity index (χ0n) is 10.6. The molecular weight excluding hydrogens is 222 g/mol. The molecule has 0 heterocycles. The number of carbonyl (C=O) groups excluding carboxylic acids is 2. The summed E-state index contributed by atoms with van der Waals surface area (Å²) in [6, 6.07) is 0. The maximum absolute atomic E-state index is 11.7. The van der Waals surface area contributed by atoms with E-state index < -0.39 is 5.97 Å². The van der Waals surface area contributed by atoms with Gasteiger partial charge < -0.3 is 9.64 Å². The van der Waals surface area contributed by atoms with Crippen LogP contribution in [0.1, 0.15) is 33.1 Å². The molecule has 0 aliphatic heterocycles. The Bertz CT molecular complexity index is 250. The number of hydrogen-bond donors (Lipinski definition) is 1. The fourth-order valence-corrected chi connectivity index (χ4v) is 1.35. The number of hydrogen-bond acceptors (Lipinski definition) is 5. The van der Waals surface area contributed by atoms with Crippen molar-refractivity contribution in [3.63, 3.8) is 0 Å². The lowest BCUT2D eigenvalue weighted by atomic mass is 10.3. The van der Waals surface area contributed by atoms with Crippen LogP contribution in [-0.2, 0) is 14.3 Å². The quantitative estimate of drug-likeness (QED) is 0.493. The Morgan fingerprint density at radius 2 is 1.82 bits per heavy atom. The average molecular weight is 243 g/mol. The van der Waals surface area contributed by atoms with Crippen molar-refractivity contribution in [3.8, 4) is 0 Å². The molecule has 0 saturated heterocycles. The summed E-state index contributed by atoms with van der Waals surface area (Å²) in [6.45, 7) is 5.27. The fraction of sp³-hybridized carbons (Fsp3) is 0.818. The van der Waals surface area contributed by atoms with Gasteiger partial charge >= 0.3 is 5.97 Å². The molecule has 98 valence electrons. The van der Waals surface area contributed by atoms with E-state index in [1.165, 1.54) is 0 Å². The summed E-state index contributed by atoms with van der Waals surface area (Å²) in [4.78, 5) is 24.5. The number of carbonyl (C=O) groups is 2. The molecular formula is C11H21N3O3. The molecule has 0 bridgehead atoms. The van der Waals surface area contributed by atoms with Crippen LogP contribution in [0.5, 0.6) is 0 Å². The first-order valence-electron chi connectivity index (χ1n) is 5.92. The molecule has 0 aromatic heterocycles. The molecule has 0 aromatic carbocycles. The highest BCUT2D eigenvalue weighted by Crippen LogP contribution is 1.97. The second kappa shape index (κ2) is 9.74. The molecule has 0 fully saturated rings. The van der Waals surface area contributed by atoms with E-state index in [-0.39, 0.29) is 25.5 Å². The van der Waals surface area contributed by atoms with Crippen LogP contribution in [0, 0.1) is 5.53 Å². The maximum atomic E-state index is 11.7. The summed E-state index contributed by atoms with van der Waals surface area (Å²) >= 11 is 0. The molecule has 0 unspecified atom stereocenters. The van der Waals surface area contributed by atoms with E-state index in [2.05, 4.69) is 5.11 Å². The molecule has 0 atom stereocenters. The molecule has 6 nitrogen and oxygen atoms in total. The van der Waals surface area contributed by atoms with Crippen LogP contribution in [-0.4, -0.2) is 43.0 Å². The van der Waals surface area contributed by atoms with E-state index in [1.807, 2.05) is 13.8 Å². The summed E-state index contributed by atoms with van der Waals surface area (Å²) < 4.78 is 4.81. The number of rotatable bonds is 9. The van der Waals surface area contributed by atoms with Crippen LogP contribution in [0.25, 0.3) is 0 Å². The highest BCUT2D eigenvalue weighted by Gasteiger charge is 2.13. The Kier molecular flexibility index (Phi) is 8.91. The van der Waals surface area contributed by atoms with Gasteiger partial charge in [0, 0.05) is 13.1 Å². The van der Waals surface area contributed by atoms with Crippen molar-refractivity contribution in [2.75, 3.05) is 26.2 Å². The standard InChI is InChI=1S/C11H21N3O3/c1-3-7-14(8-4-2)10(15)9-17-11(16)5-6-13-12/h12H,3-9H2,1-2H3. The third kappa shape index (κ3) is 7.43. The molecule has 0 aromatic rings. The lowest BCUT2D eigenvalue weighted by Gasteiger charge is -2.21. The van der Waals surface area contributed by atoms with Crippen LogP contribution in [0.4, 0.5) is 0 Å². The Hall–Kier alpha value is -1.46. The normalized spacial score (nSPS) is 9.76. The summed E-state index contributed by atoms with van der Waals surface area (Å²) in [6.07, 6.45) is 1.83. The van der Waals surface area contributed by atoms with Gasteiger partial charge in [-0.05, 0) is 12.8 Å². The molecule has 1 amide bonds. The number of ether oxygens (including phenoxy) is 1. The lowest BCUT2D eigenvalue weighted by molar-refractivity contribution is -0.151. The largest absolute Gasteiger partial charge is 0.456 e. The van der Waals surface area contributed by atoms with Gasteiger partial charge in [0.2, 0.25) is 0 Å². The Morgan fingerprint density at radius 3 is 2.29 bits per heavy atom. The first-order chi connectivity index (χ1) is 8.15. The molecule has 0 spiro atoms. The van der Waals surface area contributed by atoms with Gasteiger partial charge in [0.25, 0.3) is 5.91 Å². The summed E-state index contributed by atoms with van der Waals surface area (Å²) in [5.41, 5.74) is 6.53. The van der Waals surface area contributed by atoms with E-state index in [4.69, 9.17) is 10.3 Å². The van der Waals surface area contributed by atoms with Crippen LogP contribution in [0.2, 0.25) is 0 Å². The third-order valence-corrected chi connectivity index (χ3v) is 2.12. The minimum atomic E-state index is -0.484. The summed E-state index contributed by atoms with van der Waals surface area (Å²) in [7, 11) is 0. The van der Waals surface area contributed by atoms with Crippen molar-refractivity contribution in [1.29, 1.82) is 5.53 Å². The highest BCUT2D eigenvalue weighted by atomic mass is 16.5. The van der Waals surface area contributed by atoms with Gasteiger partial charge in [0.1, 0.15) is 0 Å². The Balaban J connectivity index is 3.95. The second-order valence-electron chi connectivity index (χ2n) is 3.67. The molecule has 6 heteroatoms. The van der Waals surface area contributed by atoms with Gasteiger partial charge in [0.15, 0.2) is 6.61 Å². The molecule has 0 saturated carbocycles. The van der Waals surface area contributed by atoms with Crippen molar-refractivity contribution >= 4 is 11.9 Å². The van der Waals surface area contributed by atoms with Gasteiger partial charge in [-0.25, -0.2) is 5.53 Å². The first kappa shape index (κ1) is 15.5. The van der Waals surface area contributed by atoms with Crippen molar-refractivity contribution < 1.29 is 14.3 Å². The van der Waals surface area contributed by atoms with E-state index in [1.54, 1.807) is 4.90 Å². The molecule has 1 N–H and O–H groups in total. The maximum Gasteiger partial charge on any atom is 0.308 e. The molecule has 17 heavy (non-hydrogen) atoms. The van der Waals surface area contributed by atoms with Gasteiger partial charge in [-0.1, -0.05) is 13.8 Å². The van der Waals surface area contributed by atoms with Crippen LogP contribution in [0.3, 0.4) is 0 Å². The highest BCUT2D eigenvalue weighted by molar-refractivity contribution is 5.80. The van der Waals surface area contributed by atoms with Gasteiger partial charge in [-0.2, -0.15) is 5.11 Å². The number of nitrogens with one attached hydrogen (secondary N) is 1. The van der Waals surface area contributed by atoms with E-state index in [0.29, 0.717) is 13.1 Å². The number of amides is 1. The average Bonchev–Trinajstić information content (AvgIpc) is 2.33. The van der Waals surface area contributed by atoms with E-state index in [0.717, 1.165) is 12.8 Å². The topological polar surface area (TPSA) is 82.8 Å². The molecule has 0 rings (SSSR count). The van der Waals surface area contributed by atoms with Gasteiger partial charge in [0.05, 0.1) is 13.0 Å². The third-order valence-electron chi connectivity index (χ3n) is 2.12. The predicted octanol–water partition coefficient (Wildman–Crippen LogP) is 1.60. The smallest absolute Gasteiger partial charge is 0.308 e. The summed E-state index contributed by atoms with van der Waals surface area (Å²) in [5, 5.41) is 3.05. The van der Waals surface area contributed by atoms with E-state index in [9.17, 15) is 9.59 Å². The Morgan fingerprint density at radius 1 is 1.24 bits per heavy atom. The van der Waals surface area contributed by atoms with Crippen molar-refractivity contribution in [3.05, 3.63) is 0 Å². The first-order valence-corrected chi connectivity index (χ1v) is 5.92. The van der Waals surface area contributed by atoms with Crippen LogP contribution < -0.4 is 0 Å². The van der Waals surface area contributed by atoms with Crippen LogP contribution in [0.15, 0.2) is 5.11 Å². The number of nitrogens with zero attached hydrogens (tertiary/aromatic N) is 2. The van der Waals surface area contributed by atoms with Crippen molar-refractivity contribution in [1.82, 2.24) is 4.90 Å². The summed E-state index contributed by atoms with van der Waals surface area (Å²) in [5.74, 6) is -0.646. The van der Waals surface area contributed by atoms with E-state index >= 15 is 0 Å². The molecule has 0 aliphatic rings. The second-order valence-corrected chi connectivity index (χ2v) is 3.67. The zero-order chi connectivity index (χ0) is 13.1. The van der Waals surface area contributed by atoms with Crippen LogP contribution >= 0.6 is 0 Å². The lowest BCUT2D eigenvalue weighted by Crippen LogP contribution is -2.35. The monoisotopic (exact) mass is 243 g/mol. The molecule has 0 aliphatic carbocycles. The Labute approximate surface area is 102 Å². The van der Waals surface area contributed by atoms with Gasteiger partial charge in [-0.3, -0.25) is 9.59 Å². The van der Waals surface area contributed by atoms with Crippen molar-refractivity contribution in [2.45, 2.75) is 33.1 Å². The minimum absolute atomic E-state index is 0.0539. The number of esters is 1. The fourth-order valence-electron chi connectivity index (χ4n) is 1.35. The van der Waals surface area contributed by atoms with Crippen molar-refractivity contribution in [2.24, 2.45) is 5.11 Å². The minimum Gasteiger partial charge on any atom is -0.456 e. The predicted molar refractivity (Wildman–Crippen MR) is 62.8 cm³/mol. The molecule has 0 radical (unpaired) electrons. The zero-order valence-corrected chi connectivity index (χ0v) is 10.6.